The summed E-state index contributed by atoms with van der Waals surface area (Å²) < 4.78 is 11.2. The van der Waals surface area contributed by atoms with Crippen LogP contribution in [0.3, 0.4) is 0 Å². The van der Waals surface area contributed by atoms with Gasteiger partial charge in [0.15, 0.2) is 0 Å². The first-order valence-corrected chi connectivity index (χ1v) is 15.6. The zero-order valence-corrected chi connectivity index (χ0v) is 26.4. The highest BCUT2D eigenvalue weighted by molar-refractivity contribution is 7.18. The van der Waals surface area contributed by atoms with Gasteiger partial charge in [0.25, 0.3) is 11.8 Å². The molecule has 0 spiro atoms. The number of halogens is 2. The molecular weight excluding hydrogens is 633 g/mol. The highest BCUT2D eigenvalue weighted by Crippen LogP contribution is 2.27. The van der Waals surface area contributed by atoms with Gasteiger partial charge in [-0.1, -0.05) is 11.6 Å². The topological polar surface area (TPSA) is 138 Å². The number of carbonyl (C=O) groups is 5. The monoisotopic (exact) mass is 667 g/mol. The molecule has 15 heteroatoms. The average molecular weight is 669 g/mol. The second kappa shape index (κ2) is 15.7. The van der Waals surface area contributed by atoms with Crippen molar-refractivity contribution in [1.29, 1.82) is 0 Å². The van der Waals surface area contributed by atoms with Gasteiger partial charge in [-0.05, 0) is 68.6 Å². The van der Waals surface area contributed by atoms with Crippen molar-refractivity contribution in [2.75, 3.05) is 55.7 Å². The van der Waals surface area contributed by atoms with Gasteiger partial charge in [-0.15, -0.1) is 23.7 Å². The maximum Gasteiger partial charge on any atom is 0.414 e. The van der Waals surface area contributed by atoms with Crippen LogP contribution >= 0.6 is 35.3 Å². The molecule has 12 nitrogen and oxygen atoms in total. The zero-order valence-electron chi connectivity index (χ0n) is 24.0. The summed E-state index contributed by atoms with van der Waals surface area (Å²) in [5.41, 5.74) is 1.27. The quantitative estimate of drug-likeness (QED) is 0.349. The van der Waals surface area contributed by atoms with Gasteiger partial charge in [-0.25, -0.2) is 4.79 Å². The Hall–Kier alpha value is -3.23. The number of hydrogen-bond donors (Lipinski definition) is 2. The molecule has 0 unspecified atom stereocenters. The van der Waals surface area contributed by atoms with Crippen LogP contribution in [0.25, 0.3) is 0 Å². The second-order valence-electron chi connectivity index (χ2n) is 10.5. The van der Waals surface area contributed by atoms with Gasteiger partial charge in [0.2, 0.25) is 11.8 Å². The summed E-state index contributed by atoms with van der Waals surface area (Å²) in [5, 5.41) is 6.05. The van der Waals surface area contributed by atoms with Gasteiger partial charge >= 0.3 is 6.09 Å². The number of nitrogens with zero attached hydrogens (tertiary/aromatic N) is 3. The van der Waals surface area contributed by atoms with E-state index in [-0.39, 0.29) is 56.4 Å². The smallest absolute Gasteiger partial charge is 0.414 e. The van der Waals surface area contributed by atoms with Crippen LogP contribution in [0.15, 0.2) is 36.4 Å². The third-order valence-electron chi connectivity index (χ3n) is 7.54. The fraction of sp³-hybridized carbons (Fsp3) is 0.483. The molecule has 1 aromatic carbocycles. The van der Waals surface area contributed by atoms with Crippen molar-refractivity contribution in [2.45, 2.75) is 44.2 Å². The molecule has 5 rings (SSSR count). The normalized spacial score (nSPS) is 19.8. The molecule has 4 heterocycles. The molecule has 0 aliphatic carbocycles. The highest BCUT2D eigenvalue weighted by atomic mass is 35.5. The lowest BCUT2D eigenvalue weighted by atomic mass is 10.2. The number of benzene rings is 1. The standard InChI is InChI=1S/C29H34ClN5O7S.ClH/c30-24-11-10-23(43-24)28(39)35(25(36)5-1-2-12-32-27(38)22-4-3-13-31-22)17-21-16-34(29(40)42-21)20-8-6-19(7-9-20)33-14-15-41-18-26(33)37;/h6-11,21-22,31H,1-5,12-18H2,(H,32,38);1H/t21-,22+;/m1./s1. The van der Waals surface area contributed by atoms with Crippen LogP contribution in [0.4, 0.5) is 16.2 Å². The van der Waals surface area contributed by atoms with Crippen LogP contribution in [0.5, 0.6) is 0 Å². The van der Waals surface area contributed by atoms with Crippen LogP contribution in [-0.4, -0.2) is 92.7 Å². The van der Waals surface area contributed by atoms with E-state index in [0.717, 1.165) is 35.6 Å². The van der Waals surface area contributed by atoms with Gasteiger partial charge in [-0.2, -0.15) is 0 Å². The Morgan fingerprint density at radius 3 is 2.48 bits per heavy atom. The molecule has 2 atom stereocenters. The van der Waals surface area contributed by atoms with E-state index in [1.807, 2.05) is 0 Å². The number of cyclic esters (lactones) is 1. The Bertz CT molecular complexity index is 1350. The van der Waals surface area contributed by atoms with Gasteiger partial charge in [-0.3, -0.25) is 29.0 Å². The van der Waals surface area contributed by atoms with E-state index in [2.05, 4.69) is 10.6 Å². The van der Waals surface area contributed by atoms with Crippen LogP contribution in [-0.2, 0) is 23.9 Å². The largest absolute Gasteiger partial charge is 0.442 e. The predicted molar refractivity (Wildman–Crippen MR) is 168 cm³/mol. The van der Waals surface area contributed by atoms with Gasteiger partial charge in [0.1, 0.15) is 12.7 Å². The number of ether oxygens (including phenoxy) is 2. The number of thiophene rings is 1. The minimum Gasteiger partial charge on any atom is -0.442 e. The van der Waals surface area contributed by atoms with E-state index < -0.39 is 24.0 Å². The summed E-state index contributed by atoms with van der Waals surface area (Å²) in [6.07, 6.45) is 1.60. The summed E-state index contributed by atoms with van der Waals surface area (Å²) >= 11 is 7.12. The predicted octanol–water partition coefficient (Wildman–Crippen LogP) is 3.22. The molecule has 0 radical (unpaired) electrons. The number of morpholine rings is 1. The molecule has 1 aromatic heterocycles. The van der Waals surface area contributed by atoms with Crippen LogP contribution in [0.1, 0.15) is 41.8 Å². The molecule has 2 N–H and O–H groups in total. The molecule has 3 saturated heterocycles. The Labute approximate surface area is 270 Å². The average Bonchev–Trinajstić information content (AvgIpc) is 3.77. The van der Waals surface area contributed by atoms with Gasteiger partial charge < -0.3 is 25.0 Å². The molecule has 3 aliphatic rings. The molecule has 0 bridgehead atoms. The first kappa shape index (κ1) is 33.7. The minimum atomic E-state index is -0.741. The minimum absolute atomic E-state index is 0. The number of hydrogen-bond acceptors (Lipinski definition) is 9. The molecule has 3 fully saturated rings. The van der Waals surface area contributed by atoms with E-state index in [1.165, 1.54) is 4.90 Å². The number of rotatable bonds is 11. The van der Waals surface area contributed by atoms with E-state index in [9.17, 15) is 24.0 Å². The van der Waals surface area contributed by atoms with E-state index in [0.29, 0.717) is 53.1 Å². The first-order valence-electron chi connectivity index (χ1n) is 14.4. The second-order valence-corrected chi connectivity index (χ2v) is 12.3. The molecular formula is C29H35Cl2N5O7S. The fourth-order valence-electron chi connectivity index (χ4n) is 5.27. The number of unbranched alkanes of at least 4 members (excludes halogenated alkanes) is 1. The molecule has 44 heavy (non-hydrogen) atoms. The lowest BCUT2D eigenvalue weighted by molar-refractivity contribution is -0.129. The Morgan fingerprint density at radius 2 is 1.82 bits per heavy atom. The number of imide groups is 1. The van der Waals surface area contributed by atoms with E-state index >= 15 is 0 Å². The van der Waals surface area contributed by atoms with Crippen molar-refractivity contribution >= 4 is 76.4 Å². The Balaban J connectivity index is 0.00000442. The fourth-order valence-corrected chi connectivity index (χ4v) is 6.27. The van der Waals surface area contributed by atoms with Gasteiger partial charge in [0.05, 0.1) is 35.0 Å². The lowest BCUT2D eigenvalue weighted by Gasteiger charge is -2.27. The molecule has 2 aromatic rings. The SMILES string of the molecule is Cl.O=C(NCCCCC(=O)N(C[C@H]1CN(c2ccc(N3CCOCC3=O)cc2)C(=O)O1)C(=O)c1ccc(Cl)s1)[C@@H]1CCCN1. The van der Waals surface area contributed by atoms with Crippen molar-refractivity contribution < 1.29 is 33.4 Å². The molecule has 238 valence electrons. The maximum atomic E-state index is 13.4. The van der Waals surface area contributed by atoms with Crippen LogP contribution in [0.2, 0.25) is 4.34 Å². The third kappa shape index (κ3) is 8.27. The Kier molecular flexibility index (Phi) is 12.0. The van der Waals surface area contributed by atoms with Crippen LogP contribution < -0.4 is 20.4 Å². The third-order valence-corrected chi connectivity index (χ3v) is 8.76. The van der Waals surface area contributed by atoms with Crippen molar-refractivity contribution in [3.63, 3.8) is 0 Å². The maximum absolute atomic E-state index is 13.4. The lowest BCUT2D eigenvalue weighted by Crippen LogP contribution is -2.43. The summed E-state index contributed by atoms with van der Waals surface area (Å²) in [5.74, 6) is -1.07. The van der Waals surface area contributed by atoms with Crippen LogP contribution in [0, 0.1) is 0 Å². The zero-order chi connectivity index (χ0) is 30.3. The number of nitrogens with one attached hydrogen (secondary N) is 2. The number of amides is 5. The van der Waals surface area contributed by atoms with Crippen molar-refractivity contribution in [3.05, 3.63) is 45.6 Å². The molecule has 0 saturated carbocycles. The van der Waals surface area contributed by atoms with Crippen molar-refractivity contribution in [3.8, 4) is 0 Å². The highest BCUT2D eigenvalue weighted by Gasteiger charge is 2.36. The van der Waals surface area contributed by atoms with Gasteiger partial charge in [0, 0.05) is 30.9 Å². The molecule has 5 amide bonds. The summed E-state index contributed by atoms with van der Waals surface area (Å²) in [6, 6.07) is 9.96. The summed E-state index contributed by atoms with van der Waals surface area (Å²) in [4.78, 5) is 68.3. The molecule has 3 aliphatic heterocycles. The summed E-state index contributed by atoms with van der Waals surface area (Å²) in [7, 11) is 0. The number of carbonyl (C=O) groups excluding carboxylic acids is 5. The van der Waals surface area contributed by atoms with Crippen molar-refractivity contribution in [2.24, 2.45) is 0 Å². The Morgan fingerprint density at radius 1 is 1.07 bits per heavy atom. The first-order chi connectivity index (χ1) is 20.8. The number of anilines is 2. The van der Waals surface area contributed by atoms with E-state index in [4.69, 9.17) is 21.1 Å². The van der Waals surface area contributed by atoms with E-state index in [1.54, 1.807) is 41.3 Å². The van der Waals surface area contributed by atoms with Crippen molar-refractivity contribution in [1.82, 2.24) is 15.5 Å². The summed E-state index contributed by atoms with van der Waals surface area (Å²) in [6.45, 7) is 2.23.